The second-order valence-corrected chi connectivity index (χ2v) is 9.02. The van der Waals surface area contributed by atoms with Gasteiger partial charge in [-0.3, -0.25) is 14.5 Å². The van der Waals surface area contributed by atoms with Gasteiger partial charge in [-0.25, -0.2) is 19.8 Å². The van der Waals surface area contributed by atoms with Crippen LogP contribution >= 0.6 is 0 Å². The Labute approximate surface area is 163 Å². The van der Waals surface area contributed by atoms with E-state index >= 15 is 0 Å². The third-order valence-corrected chi connectivity index (χ3v) is 6.21. The Hall–Kier alpha value is -1.79. The maximum atomic E-state index is 12.6. The summed E-state index contributed by atoms with van der Waals surface area (Å²) in [6, 6.07) is 8.14. The average molecular weight is 390 g/mol. The van der Waals surface area contributed by atoms with Gasteiger partial charge in [0.15, 0.2) is 11.2 Å². The fourth-order valence-electron chi connectivity index (χ4n) is 3.41. The highest BCUT2D eigenvalue weighted by Crippen LogP contribution is 2.23. The summed E-state index contributed by atoms with van der Waals surface area (Å²) in [5.41, 5.74) is 2.04. The maximum absolute atomic E-state index is 12.6. The lowest BCUT2D eigenvalue weighted by atomic mass is 10.1. The highest BCUT2D eigenvalue weighted by atomic mass is 32.2. The number of amides is 1. The predicted molar refractivity (Wildman–Crippen MR) is 105 cm³/mol. The minimum absolute atomic E-state index is 0.0438. The average Bonchev–Trinajstić information content (AvgIpc) is 3.30. The highest BCUT2D eigenvalue weighted by molar-refractivity contribution is 7.80. The molecule has 2 heterocycles. The molecule has 1 fully saturated rings. The molecular formula is C19H27N5O2S. The van der Waals surface area contributed by atoms with E-state index in [4.69, 9.17) is 6.57 Å². The number of rotatable bonds is 7. The second kappa shape index (κ2) is 8.48. The molecule has 1 unspecified atom stereocenters. The van der Waals surface area contributed by atoms with Gasteiger partial charge in [-0.15, -0.1) is 0 Å². The zero-order valence-electron chi connectivity index (χ0n) is 15.9. The Morgan fingerprint density at radius 2 is 2.00 bits per heavy atom. The monoisotopic (exact) mass is 389 g/mol. The van der Waals surface area contributed by atoms with Crippen molar-refractivity contribution in [2.75, 3.05) is 19.6 Å². The number of nitrogens with zero attached hydrogens (tertiary/aromatic N) is 3. The zero-order valence-corrected chi connectivity index (χ0v) is 16.7. The quantitative estimate of drug-likeness (QED) is 0.693. The zero-order chi connectivity index (χ0) is 19.4. The molecule has 0 spiro atoms. The summed E-state index contributed by atoms with van der Waals surface area (Å²) in [5.74, 6) is -0.0438. The predicted octanol–water partition coefficient (Wildman–Crippen LogP) is 1.41. The van der Waals surface area contributed by atoms with Crippen LogP contribution in [0.2, 0.25) is 0 Å². The van der Waals surface area contributed by atoms with E-state index in [2.05, 4.69) is 27.0 Å². The number of carbonyl (C=O) groups is 1. The summed E-state index contributed by atoms with van der Waals surface area (Å²) in [6.07, 6.45) is 1.34. The van der Waals surface area contributed by atoms with Crippen molar-refractivity contribution in [2.24, 2.45) is 0 Å². The van der Waals surface area contributed by atoms with Crippen LogP contribution in [0.5, 0.6) is 0 Å². The normalized spacial score (nSPS) is 21.1. The molecule has 0 bridgehead atoms. The molecule has 1 aromatic carbocycles. The van der Waals surface area contributed by atoms with E-state index in [0.29, 0.717) is 26.2 Å². The largest absolute Gasteiger partial charge is 0.302 e. The molecule has 0 saturated carbocycles. The summed E-state index contributed by atoms with van der Waals surface area (Å²) in [7, 11) is 0. The maximum Gasteiger partial charge on any atom is 0.300 e. The summed E-state index contributed by atoms with van der Waals surface area (Å²) in [5, 5.41) is 3.23. The third-order valence-electron chi connectivity index (χ3n) is 5.09. The molecule has 1 amide bonds. The fraction of sp³-hybridized carbons (Fsp3) is 0.579. The first kappa shape index (κ1) is 20.0. The van der Waals surface area contributed by atoms with E-state index < -0.39 is 16.7 Å². The smallest absolute Gasteiger partial charge is 0.300 e. The van der Waals surface area contributed by atoms with Crippen LogP contribution in [0, 0.1) is 6.57 Å². The standard InChI is InChI=1S/C19H27N5O2S/c1-19(2,21-11-18(25)24-10-6-9-17(24)20-3)14-22-27(26)23-12-15-7-4-5-8-16(15)13-23/h4-5,7-8,17,21-22H,6,9-14H2,1-2H3/t17-,27?/m0/s1. The molecule has 1 aromatic rings. The van der Waals surface area contributed by atoms with Gasteiger partial charge in [0, 0.05) is 38.1 Å². The molecule has 27 heavy (non-hydrogen) atoms. The lowest BCUT2D eigenvalue weighted by Gasteiger charge is -2.28. The number of likely N-dealkylation sites (tertiary alicyclic amines) is 1. The van der Waals surface area contributed by atoms with Gasteiger partial charge in [0.2, 0.25) is 5.91 Å². The molecule has 146 valence electrons. The SMILES string of the molecule is [C-]#[N+][C@@H]1CCCN1C(=O)CNC(C)(C)CNS(=O)N1Cc2ccccc2C1. The van der Waals surface area contributed by atoms with Crippen molar-refractivity contribution < 1.29 is 9.00 Å². The number of carbonyl (C=O) groups excluding carboxylic acids is 1. The minimum atomic E-state index is -1.28. The van der Waals surface area contributed by atoms with Crippen LogP contribution < -0.4 is 10.0 Å². The Bertz CT molecular complexity index is 736. The van der Waals surface area contributed by atoms with Crippen molar-refractivity contribution in [3.05, 3.63) is 46.8 Å². The Morgan fingerprint density at radius 3 is 2.63 bits per heavy atom. The van der Waals surface area contributed by atoms with Gasteiger partial charge in [0.05, 0.1) is 6.54 Å². The van der Waals surface area contributed by atoms with Crippen LogP contribution in [-0.4, -0.2) is 50.7 Å². The molecule has 3 rings (SSSR count). The molecule has 2 N–H and O–H groups in total. The first-order valence-corrected chi connectivity index (χ1v) is 10.4. The lowest BCUT2D eigenvalue weighted by molar-refractivity contribution is -0.130. The molecule has 0 aliphatic carbocycles. The minimum Gasteiger partial charge on any atom is -0.302 e. The van der Waals surface area contributed by atoms with Crippen LogP contribution in [-0.2, 0) is 29.1 Å². The van der Waals surface area contributed by atoms with E-state index in [-0.39, 0.29) is 18.6 Å². The van der Waals surface area contributed by atoms with Gasteiger partial charge in [0.1, 0.15) is 0 Å². The van der Waals surface area contributed by atoms with Gasteiger partial charge in [-0.05, 0) is 31.4 Å². The van der Waals surface area contributed by atoms with E-state index in [1.807, 2.05) is 30.3 Å². The number of fused-ring (bicyclic) bond motifs is 1. The Morgan fingerprint density at radius 1 is 1.33 bits per heavy atom. The Balaban J connectivity index is 1.44. The van der Waals surface area contributed by atoms with Crippen LogP contribution in [0.25, 0.3) is 4.85 Å². The van der Waals surface area contributed by atoms with Crippen molar-refractivity contribution in [1.82, 2.24) is 19.2 Å². The molecule has 0 radical (unpaired) electrons. The van der Waals surface area contributed by atoms with Crippen LogP contribution in [0.1, 0.15) is 37.8 Å². The van der Waals surface area contributed by atoms with Crippen molar-refractivity contribution in [2.45, 2.75) is 51.5 Å². The Kier molecular flexibility index (Phi) is 6.27. The summed E-state index contributed by atoms with van der Waals surface area (Å²) in [6.45, 7) is 13.8. The molecule has 7 nitrogen and oxygen atoms in total. The van der Waals surface area contributed by atoms with E-state index in [9.17, 15) is 9.00 Å². The number of hydrogen-bond donors (Lipinski definition) is 2. The van der Waals surface area contributed by atoms with Crippen LogP contribution in [0.15, 0.2) is 24.3 Å². The highest BCUT2D eigenvalue weighted by Gasteiger charge is 2.33. The van der Waals surface area contributed by atoms with Crippen molar-refractivity contribution >= 4 is 17.1 Å². The van der Waals surface area contributed by atoms with E-state index in [0.717, 1.165) is 12.8 Å². The molecule has 8 heteroatoms. The van der Waals surface area contributed by atoms with Gasteiger partial charge >= 0.3 is 6.17 Å². The molecule has 2 aliphatic heterocycles. The van der Waals surface area contributed by atoms with Gasteiger partial charge in [0.25, 0.3) is 0 Å². The van der Waals surface area contributed by atoms with Crippen LogP contribution in [0.4, 0.5) is 0 Å². The molecule has 0 aromatic heterocycles. The lowest BCUT2D eigenvalue weighted by Crippen LogP contribution is -2.53. The van der Waals surface area contributed by atoms with Gasteiger partial charge in [-0.1, -0.05) is 24.3 Å². The summed E-state index contributed by atoms with van der Waals surface area (Å²) >= 11 is -1.28. The molecule has 1 saturated heterocycles. The summed E-state index contributed by atoms with van der Waals surface area (Å²) < 4.78 is 17.6. The fourth-order valence-corrected chi connectivity index (χ4v) is 4.59. The molecule has 2 aliphatic rings. The van der Waals surface area contributed by atoms with Crippen LogP contribution in [0.3, 0.4) is 0 Å². The first-order valence-electron chi connectivity index (χ1n) is 9.28. The number of benzene rings is 1. The van der Waals surface area contributed by atoms with Crippen molar-refractivity contribution in [1.29, 1.82) is 0 Å². The summed E-state index contributed by atoms with van der Waals surface area (Å²) in [4.78, 5) is 17.5. The number of nitrogens with one attached hydrogen (secondary N) is 2. The molecular weight excluding hydrogens is 362 g/mol. The van der Waals surface area contributed by atoms with E-state index in [1.165, 1.54) is 11.1 Å². The number of hydrogen-bond acceptors (Lipinski definition) is 3. The second-order valence-electron chi connectivity index (χ2n) is 7.71. The van der Waals surface area contributed by atoms with Crippen molar-refractivity contribution in [3.63, 3.8) is 0 Å². The van der Waals surface area contributed by atoms with Gasteiger partial charge < -0.3 is 5.32 Å². The topological polar surface area (TPSA) is 69.0 Å². The molecule has 2 atom stereocenters. The van der Waals surface area contributed by atoms with Crippen molar-refractivity contribution in [3.8, 4) is 0 Å². The third kappa shape index (κ3) is 4.93. The first-order chi connectivity index (χ1) is 12.9. The van der Waals surface area contributed by atoms with Gasteiger partial charge in [-0.2, -0.15) is 0 Å². The van der Waals surface area contributed by atoms with E-state index in [1.54, 1.807) is 4.90 Å².